The quantitative estimate of drug-likeness (QED) is 0.739. The normalized spacial score (nSPS) is 10.7. The molecule has 2 heterocycles. The van der Waals surface area contributed by atoms with E-state index in [9.17, 15) is 9.59 Å². The van der Waals surface area contributed by atoms with Gasteiger partial charge in [0.15, 0.2) is 0 Å². The average molecular weight is 268 g/mol. The lowest BCUT2D eigenvalue weighted by Gasteiger charge is -2.06. The number of hydrogen-bond donors (Lipinski definition) is 2. The number of aryl methyl sites for hydroxylation is 1. The van der Waals surface area contributed by atoms with Crippen LogP contribution in [0.1, 0.15) is 10.4 Å². The first-order valence-corrected chi connectivity index (χ1v) is 6.05. The highest BCUT2D eigenvalue weighted by Crippen LogP contribution is 2.14. The van der Waals surface area contributed by atoms with Crippen molar-refractivity contribution >= 4 is 22.5 Å². The predicted molar refractivity (Wildman–Crippen MR) is 75.7 cm³/mol. The molecule has 0 aliphatic carbocycles. The van der Waals surface area contributed by atoms with Crippen LogP contribution in [0.15, 0.2) is 47.5 Å². The number of benzene rings is 1. The van der Waals surface area contributed by atoms with Gasteiger partial charge in [0, 0.05) is 30.3 Å². The van der Waals surface area contributed by atoms with Gasteiger partial charge < -0.3 is 9.88 Å². The molecule has 2 aromatic heterocycles. The third-order valence-corrected chi connectivity index (χ3v) is 3.05. The number of anilines is 1. The van der Waals surface area contributed by atoms with E-state index < -0.39 is 0 Å². The fraction of sp³-hybridized carbons (Fsp3) is 0.0714. The molecule has 0 aliphatic heterocycles. The van der Waals surface area contributed by atoms with E-state index in [0.29, 0.717) is 11.3 Å². The van der Waals surface area contributed by atoms with Crippen LogP contribution in [0.5, 0.6) is 0 Å². The first kappa shape index (κ1) is 12.2. The highest BCUT2D eigenvalue weighted by Gasteiger charge is 2.08. The van der Waals surface area contributed by atoms with Gasteiger partial charge in [0.25, 0.3) is 5.91 Å². The van der Waals surface area contributed by atoms with Gasteiger partial charge in [-0.1, -0.05) is 6.07 Å². The SMILES string of the molecule is Cn1cc(NC(=O)c2ccc3cn[nH]c3c2)ccc1=O. The second-order valence-corrected chi connectivity index (χ2v) is 4.49. The van der Waals surface area contributed by atoms with Crippen LogP contribution in [0.4, 0.5) is 5.69 Å². The maximum atomic E-state index is 12.1. The van der Waals surface area contributed by atoms with Crippen LogP contribution in [0, 0.1) is 0 Å². The smallest absolute Gasteiger partial charge is 0.255 e. The Balaban J connectivity index is 1.88. The largest absolute Gasteiger partial charge is 0.321 e. The Hall–Kier alpha value is -2.89. The Morgan fingerprint density at radius 2 is 2.15 bits per heavy atom. The summed E-state index contributed by atoms with van der Waals surface area (Å²) in [5.41, 5.74) is 1.78. The summed E-state index contributed by atoms with van der Waals surface area (Å²) < 4.78 is 1.41. The van der Waals surface area contributed by atoms with Crippen LogP contribution >= 0.6 is 0 Å². The standard InChI is InChI=1S/C14H12N4O2/c1-18-8-11(4-5-13(18)19)16-14(20)9-2-3-10-7-15-17-12(10)6-9/h2-8H,1H3,(H,15,17)(H,16,20). The maximum absolute atomic E-state index is 12.1. The molecule has 0 saturated heterocycles. The van der Waals surface area contributed by atoms with Crippen molar-refractivity contribution in [1.29, 1.82) is 0 Å². The number of hydrogen-bond acceptors (Lipinski definition) is 3. The molecule has 0 unspecified atom stereocenters. The minimum atomic E-state index is -0.236. The van der Waals surface area contributed by atoms with Crippen molar-refractivity contribution in [2.45, 2.75) is 0 Å². The van der Waals surface area contributed by atoms with Crippen LogP contribution in [0.25, 0.3) is 10.9 Å². The van der Waals surface area contributed by atoms with Crippen LogP contribution in [-0.4, -0.2) is 20.7 Å². The third kappa shape index (κ3) is 2.18. The van der Waals surface area contributed by atoms with Gasteiger partial charge in [0.05, 0.1) is 17.4 Å². The number of carbonyl (C=O) groups excluding carboxylic acids is 1. The molecule has 20 heavy (non-hydrogen) atoms. The lowest BCUT2D eigenvalue weighted by molar-refractivity contribution is 0.102. The molecule has 0 spiro atoms. The lowest BCUT2D eigenvalue weighted by Crippen LogP contribution is -2.17. The predicted octanol–water partition coefficient (Wildman–Crippen LogP) is 1.51. The molecule has 0 aliphatic rings. The second-order valence-electron chi connectivity index (χ2n) is 4.49. The summed E-state index contributed by atoms with van der Waals surface area (Å²) in [6, 6.07) is 8.28. The number of H-pyrrole nitrogens is 1. The van der Waals surface area contributed by atoms with Crippen LogP contribution in [-0.2, 0) is 7.05 Å². The highest BCUT2D eigenvalue weighted by atomic mass is 16.1. The van der Waals surface area contributed by atoms with Crippen LogP contribution < -0.4 is 10.9 Å². The van der Waals surface area contributed by atoms with Crippen molar-refractivity contribution in [3.05, 3.63) is 58.6 Å². The van der Waals surface area contributed by atoms with Gasteiger partial charge in [-0.15, -0.1) is 0 Å². The number of nitrogens with zero attached hydrogens (tertiary/aromatic N) is 2. The number of nitrogens with one attached hydrogen (secondary N) is 2. The molecule has 0 atom stereocenters. The lowest BCUT2D eigenvalue weighted by atomic mass is 10.1. The molecule has 100 valence electrons. The number of fused-ring (bicyclic) bond motifs is 1. The minimum Gasteiger partial charge on any atom is -0.321 e. The van der Waals surface area contributed by atoms with Gasteiger partial charge in [-0.25, -0.2) is 0 Å². The number of rotatable bonds is 2. The van der Waals surface area contributed by atoms with Crippen molar-refractivity contribution in [1.82, 2.24) is 14.8 Å². The molecule has 1 aromatic carbocycles. The monoisotopic (exact) mass is 268 g/mol. The Bertz CT molecular complexity index is 848. The zero-order valence-corrected chi connectivity index (χ0v) is 10.8. The van der Waals surface area contributed by atoms with E-state index in [0.717, 1.165) is 10.9 Å². The van der Waals surface area contributed by atoms with E-state index >= 15 is 0 Å². The topological polar surface area (TPSA) is 79.8 Å². The fourth-order valence-electron chi connectivity index (χ4n) is 1.95. The Morgan fingerprint density at radius 1 is 1.30 bits per heavy atom. The van der Waals surface area contributed by atoms with Gasteiger partial charge in [-0.05, 0) is 18.2 Å². The van der Waals surface area contributed by atoms with Crippen molar-refractivity contribution < 1.29 is 4.79 Å². The van der Waals surface area contributed by atoms with E-state index in [-0.39, 0.29) is 11.5 Å². The maximum Gasteiger partial charge on any atom is 0.255 e. The summed E-state index contributed by atoms with van der Waals surface area (Å²) in [7, 11) is 1.63. The molecule has 6 heteroatoms. The summed E-state index contributed by atoms with van der Waals surface area (Å²) in [5.74, 6) is -0.236. The van der Waals surface area contributed by atoms with E-state index in [1.165, 1.54) is 10.6 Å². The van der Waals surface area contributed by atoms with E-state index in [2.05, 4.69) is 15.5 Å². The molecule has 3 rings (SSSR count). The second kappa shape index (κ2) is 4.65. The highest BCUT2D eigenvalue weighted by molar-refractivity contribution is 6.05. The van der Waals surface area contributed by atoms with Crippen molar-refractivity contribution in [3.63, 3.8) is 0 Å². The Morgan fingerprint density at radius 3 is 2.95 bits per heavy atom. The fourth-order valence-corrected chi connectivity index (χ4v) is 1.95. The molecule has 0 radical (unpaired) electrons. The number of pyridine rings is 1. The van der Waals surface area contributed by atoms with E-state index in [1.807, 2.05) is 6.07 Å². The number of carbonyl (C=O) groups is 1. The summed E-state index contributed by atoms with van der Waals surface area (Å²) in [6.45, 7) is 0. The van der Waals surface area contributed by atoms with Crippen molar-refractivity contribution in [2.24, 2.45) is 7.05 Å². The summed E-state index contributed by atoms with van der Waals surface area (Å²) in [4.78, 5) is 23.4. The number of aromatic amines is 1. The average Bonchev–Trinajstić information content (AvgIpc) is 2.90. The first-order chi connectivity index (χ1) is 9.63. The molecule has 0 bridgehead atoms. The molecular weight excluding hydrogens is 256 g/mol. The zero-order chi connectivity index (χ0) is 14.1. The number of amides is 1. The van der Waals surface area contributed by atoms with E-state index in [4.69, 9.17) is 0 Å². The molecule has 1 amide bonds. The third-order valence-electron chi connectivity index (χ3n) is 3.05. The van der Waals surface area contributed by atoms with Crippen LogP contribution in [0.2, 0.25) is 0 Å². The molecule has 6 nitrogen and oxygen atoms in total. The summed E-state index contributed by atoms with van der Waals surface area (Å²) >= 11 is 0. The minimum absolute atomic E-state index is 0.123. The number of aromatic nitrogens is 3. The van der Waals surface area contributed by atoms with Gasteiger partial charge >= 0.3 is 0 Å². The summed E-state index contributed by atoms with van der Waals surface area (Å²) in [6.07, 6.45) is 3.28. The van der Waals surface area contributed by atoms with Gasteiger partial charge in [-0.2, -0.15) is 5.10 Å². The van der Waals surface area contributed by atoms with E-state index in [1.54, 1.807) is 37.6 Å². The Kier molecular flexibility index (Phi) is 2.83. The zero-order valence-electron chi connectivity index (χ0n) is 10.8. The summed E-state index contributed by atoms with van der Waals surface area (Å²) in [5, 5.41) is 10.4. The van der Waals surface area contributed by atoms with Crippen LogP contribution in [0.3, 0.4) is 0 Å². The van der Waals surface area contributed by atoms with Gasteiger partial charge in [0.1, 0.15) is 0 Å². The Labute approximate surface area is 114 Å². The van der Waals surface area contributed by atoms with Crippen molar-refractivity contribution in [3.8, 4) is 0 Å². The molecule has 0 fully saturated rings. The first-order valence-electron chi connectivity index (χ1n) is 6.05. The molecular formula is C14H12N4O2. The molecule has 3 aromatic rings. The molecule has 2 N–H and O–H groups in total. The van der Waals surface area contributed by atoms with Gasteiger partial charge in [0.2, 0.25) is 5.56 Å². The van der Waals surface area contributed by atoms with Crippen molar-refractivity contribution in [2.75, 3.05) is 5.32 Å². The van der Waals surface area contributed by atoms with Gasteiger partial charge in [-0.3, -0.25) is 14.7 Å². The molecule has 0 saturated carbocycles.